The predicted molar refractivity (Wildman–Crippen MR) is 135 cm³/mol. The standard InChI is InChI=1S/C22H29FN4O2.2C2HF3O2/c1-16(2)13-25-20(28)19-15-27-12-9-24-21(27)22(29-19)7-10-26(11-8-22)14-17-3-5-18(23)6-4-17;2*3-2(4,5)1(6)7/h3-6,9,12,16,19H,7-8,10-11,13-15H2,1-2H3,(H,25,28);2*(H,6,7). The number of carboxylic acids is 2. The Morgan fingerprint density at radius 3 is 2.00 bits per heavy atom. The number of piperidine rings is 1. The molecule has 1 amide bonds. The molecule has 43 heavy (non-hydrogen) atoms. The van der Waals surface area contributed by atoms with Gasteiger partial charge in [-0.15, -0.1) is 0 Å². The first kappa shape index (κ1) is 35.5. The van der Waals surface area contributed by atoms with E-state index in [1.807, 2.05) is 18.3 Å². The Kier molecular flexibility index (Phi) is 12.1. The van der Waals surface area contributed by atoms with Crippen LogP contribution in [0.2, 0.25) is 0 Å². The normalized spacial score (nSPS) is 18.0. The minimum absolute atomic E-state index is 0.0498. The van der Waals surface area contributed by atoms with Crippen LogP contribution in [0.4, 0.5) is 30.7 Å². The van der Waals surface area contributed by atoms with Crippen molar-refractivity contribution in [2.75, 3.05) is 19.6 Å². The van der Waals surface area contributed by atoms with Gasteiger partial charge >= 0.3 is 24.3 Å². The Morgan fingerprint density at radius 1 is 1.02 bits per heavy atom. The summed E-state index contributed by atoms with van der Waals surface area (Å²) >= 11 is 0. The summed E-state index contributed by atoms with van der Waals surface area (Å²) in [5.41, 5.74) is 0.570. The van der Waals surface area contributed by atoms with Gasteiger partial charge in [0.2, 0.25) is 0 Å². The van der Waals surface area contributed by atoms with Crippen LogP contribution in [0.5, 0.6) is 0 Å². The summed E-state index contributed by atoms with van der Waals surface area (Å²) in [5, 5.41) is 17.3. The van der Waals surface area contributed by atoms with E-state index in [0.29, 0.717) is 19.0 Å². The molecule has 0 bridgehead atoms. The molecule has 240 valence electrons. The molecule has 1 unspecified atom stereocenters. The van der Waals surface area contributed by atoms with E-state index >= 15 is 0 Å². The van der Waals surface area contributed by atoms with Crippen molar-refractivity contribution in [3.05, 3.63) is 53.9 Å². The van der Waals surface area contributed by atoms with Gasteiger partial charge in [-0.05, 0) is 36.5 Å². The third-order valence-electron chi connectivity index (χ3n) is 6.30. The van der Waals surface area contributed by atoms with Gasteiger partial charge in [0.05, 0.1) is 6.54 Å². The molecular formula is C26H31F7N4O6. The van der Waals surface area contributed by atoms with Gasteiger partial charge in [-0.2, -0.15) is 26.3 Å². The topological polar surface area (TPSA) is 134 Å². The molecule has 1 spiro atoms. The zero-order chi connectivity index (χ0) is 32.6. The van der Waals surface area contributed by atoms with E-state index in [1.54, 1.807) is 6.20 Å². The molecule has 0 aliphatic carbocycles. The van der Waals surface area contributed by atoms with Crippen molar-refractivity contribution >= 4 is 17.8 Å². The number of hydrogen-bond acceptors (Lipinski definition) is 6. The number of rotatable bonds is 5. The highest BCUT2D eigenvalue weighted by Crippen LogP contribution is 2.40. The number of fused-ring (bicyclic) bond motifs is 2. The maximum Gasteiger partial charge on any atom is 0.490 e. The zero-order valence-corrected chi connectivity index (χ0v) is 23.1. The lowest BCUT2D eigenvalue weighted by atomic mass is 9.88. The fourth-order valence-corrected chi connectivity index (χ4v) is 4.21. The first-order valence-electron chi connectivity index (χ1n) is 12.9. The van der Waals surface area contributed by atoms with Crippen molar-refractivity contribution < 1.29 is 60.1 Å². The molecule has 0 saturated carbocycles. The van der Waals surface area contributed by atoms with E-state index in [2.05, 4.69) is 33.6 Å². The quantitative estimate of drug-likeness (QED) is 0.424. The monoisotopic (exact) mass is 628 g/mol. The highest BCUT2D eigenvalue weighted by atomic mass is 19.4. The number of carboxylic acid groups (broad SMARTS) is 2. The number of carbonyl (C=O) groups is 3. The Balaban J connectivity index is 0.000000384. The number of nitrogens with zero attached hydrogens (tertiary/aromatic N) is 3. The van der Waals surface area contributed by atoms with Gasteiger partial charge in [-0.25, -0.2) is 19.0 Å². The van der Waals surface area contributed by atoms with Gasteiger partial charge in [0.1, 0.15) is 17.2 Å². The lowest BCUT2D eigenvalue weighted by Gasteiger charge is -2.45. The smallest absolute Gasteiger partial charge is 0.475 e. The number of benzene rings is 1. The summed E-state index contributed by atoms with van der Waals surface area (Å²) < 4.78 is 85.1. The number of carbonyl (C=O) groups excluding carboxylic acids is 1. The van der Waals surface area contributed by atoms with Crippen molar-refractivity contribution in [2.24, 2.45) is 5.92 Å². The lowest BCUT2D eigenvalue weighted by molar-refractivity contribution is -0.193. The SMILES string of the molecule is CC(C)CNC(=O)C1Cn2ccnc2C2(CCN(Cc3ccc(F)cc3)CC2)O1.O=C(O)C(F)(F)F.O=C(O)C(F)(F)F. The van der Waals surface area contributed by atoms with Crippen LogP contribution in [-0.2, 0) is 37.8 Å². The summed E-state index contributed by atoms with van der Waals surface area (Å²) in [6.07, 6.45) is -5.38. The van der Waals surface area contributed by atoms with Crippen LogP contribution in [0, 0.1) is 11.7 Å². The van der Waals surface area contributed by atoms with Crippen molar-refractivity contribution in [1.29, 1.82) is 0 Å². The average Bonchev–Trinajstić information content (AvgIpc) is 3.39. The Morgan fingerprint density at radius 2 is 1.53 bits per heavy atom. The van der Waals surface area contributed by atoms with Crippen molar-refractivity contribution in [1.82, 2.24) is 19.8 Å². The van der Waals surface area contributed by atoms with E-state index in [1.165, 1.54) is 12.1 Å². The molecule has 1 fully saturated rings. The van der Waals surface area contributed by atoms with E-state index in [-0.39, 0.29) is 11.7 Å². The zero-order valence-electron chi connectivity index (χ0n) is 23.1. The van der Waals surface area contributed by atoms with Gasteiger partial charge in [-0.1, -0.05) is 26.0 Å². The molecule has 1 atom stereocenters. The Hall–Kier alpha value is -3.73. The molecule has 3 N–H and O–H groups in total. The molecule has 2 aliphatic rings. The number of alkyl halides is 6. The number of aliphatic carboxylic acids is 2. The average molecular weight is 629 g/mol. The van der Waals surface area contributed by atoms with Crippen LogP contribution in [0.25, 0.3) is 0 Å². The largest absolute Gasteiger partial charge is 0.490 e. The molecule has 1 aromatic carbocycles. The van der Waals surface area contributed by atoms with Gasteiger partial charge in [0.25, 0.3) is 5.91 Å². The van der Waals surface area contributed by atoms with E-state index in [0.717, 1.165) is 43.9 Å². The summed E-state index contributed by atoms with van der Waals surface area (Å²) in [7, 11) is 0. The second-order valence-corrected chi connectivity index (χ2v) is 10.2. The van der Waals surface area contributed by atoms with Gasteiger partial charge < -0.3 is 24.8 Å². The first-order valence-corrected chi connectivity index (χ1v) is 12.9. The summed E-state index contributed by atoms with van der Waals surface area (Å²) in [6, 6.07) is 6.67. The van der Waals surface area contributed by atoms with Crippen LogP contribution >= 0.6 is 0 Å². The molecule has 1 saturated heterocycles. The van der Waals surface area contributed by atoms with Gasteiger partial charge in [0, 0.05) is 38.6 Å². The minimum atomic E-state index is -5.08. The number of aromatic nitrogens is 2. The van der Waals surface area contributed by atoms with Crippen LogP contribution in [-0.4, -0.2) is 80.6 Å². The van der Waals surface area contributed by atoms with Crippen LogP contribution in [0.15, 0.2) is 36.7 Å². The maximum absolute atomic E-state index is 13.1. The number of halogens is 7. The molecular weight excluding hydrogens is 597 g/mol. The highest BCUT2D eigenvalue weighted by molar-refractivity contribution is 5.81. The number of ether oxygens (including phenoxy) is 1. The number of nitrogens with one attached hydrogen (secondary N) is 1. The highest BCUT2D eigenvalue weighted by Gasteiger charge is 2.47. The Labute approximate surface area is 241 Å². The van der Waals surface area contributed by atoms with Crippen molar-refractivity contribution in [3.63, 3.8) is 0 Å². The molecule has 1 aromatic heterocycles. The lowest BCUT2D eigenvalue weighted by Crippen LogP contribution is -2.54. The van der Waals surface area contributed by atoms with Gasteiger partial charge in [0.15, 0.2) is 6.10 Å². The van der Waals surface area contributed by atoms with E-state index in [4.69, 9.17) is 24.5 Å². The van der Waals surface area contributed by atoms with E-state index < -0.39 is 36.0 Å². The number of imidazole rings is 1. The van der Waals surface area contributed by atoms with Crippen LogP contribution < -0.4 is 5.32 Å². The first-order chi connectivity index (χ1) is 19.8. The summed E-state index contributed by atoms with van der Waals surface area (Å²) in [4.78, 5) is 37.4. The van der Waals surface area contributed by atoms with Crippen LogP contribution in [0.3, 0.4) is 0 Å². The molecule has 0 radical (unpaired) electrons. The molecule has 2 aromatic rings. The third kappa shape index (κ3) is 10.8. The fraction of sp³-hybridized carbons (Fsp3) is 0.538. The molecule has 3 heterocycles. The number of likely N-dealkylation sites (tertiary alicyclic amines) is 1. The third-order valence-corrected chi connectivity index (χ3v) is 6.30. The molecule has 10 nitrogen and oxygen atoms in total. The second-order valence-electron chi connectivity index (χ2n) is 10.2. The second kappa shape index (κ2) is 14.6. The van der Waals surface area contributed by atoms with Gasteiger partial charge in [-0.3, -0.25) is 9.69 Å². The molecule has 17 heteroatoms. The van der Waals surface area contributed by atoms with Crippen molar-refractivity contribution in [3.8, 4) is 0 Å². The molecule has 4 rings (SSSR count). The molecule has 2 aliphatic heterocycles. The van der Waals surface area contributed by atoms with Crippen molar-refractivity contribution in [2.45, 2.75) is 63.8 Å². The Bertz CT molecular complexity index is 1200. The van der Waals surface area contributed by atoms with Crippen LogP contribution in [0.1, 0.15) is 38.1 Å². The number of hydrogen-bond donors (Lipinski definition) is 3. The summed E-state index contributed by atoms with van der Waals surface area (Å²) in [6.45, 7) is 7.76. The number of amides is 1. The minimum Gasteiger partial charge on any atom is -0.475 e. The fourth-order valence-electron chi connectivity index (χ4n) is 4.21. The maximum atomic E-state index is 13.1. The van der Waals surface area contributed by atoms with E-state index in [9.17, 15) is 35.5 Å². The predicted octanol–water partition coefficient (Wildman–Crippen LogP) is 3.95. The summed E-state index contributed by atoms with van der Waals surface area (Å²) in [5.74, 6) is -4.46.